The molecule has 0 aromatic heterocycles. The minimum atomic E-state index is -0.315. The Morgan fingerprint density at radius 1 is 0.920 bits per heavy atom. The van der Waals surface area contributed by atoms with Crippen molar-refractivity contribution in [3.8, 4) is 23.0 Å². The Bertz CT molecular complexity index is 831. The Labute approximate surface area is 155 Å². The molecule has 0 bridgehead atoms. The largest absolute Gasteiger partial charge is 0.503 e. The van der Waals surface area contributed by atoms with Gasteiger partial charge in [-0.1, -0.05) is 29.3 Å². The first-order valence-electron chi connectivity index (χ1n) is 7.11. The van der Waals surface area contributed by atoms with Crippen LogP contribution in [0.15, 0.2) is 30.3 Å². The minimum absolute atomic E-state index is 0.122. The van der Waals surface area contributed by atoms with Gasteiger partial charge in [0.05, 0.1) is 36.9 Å². The number of benzene rings is 2. The molecule has 0 saturated heterocycles. The number of carbonyl (C=O) groups is 1. The van der Waals surface area contributed by atoms with Crippen molar-refractivity contribution in [3.05, 3.63) is 51.5 Å². The van der Waals surface area contributed by atoms with E-state index in [0.717, 1.165) is 0 Å². The van der Waals surface area contributed by atoms with E-state index in [0.29, 0.717) is 27.6 Å². The van der Waals surface area contributed by atoms with Gasteiger partial charge in [-0.15, -0.1) is 0 Å². The quantitative estimate of drug-likeness (QED) is 0.583. The number of hydrogen-bond donors (Lipinski definition) is 1. The van der Waals surface area contributed by atoms with E-state index in [4.69, 9.17) is 37.4 Å². The second-order valence-electron chi connectivity index (χ2n) is 4.94. The predicted octanol–water partition coefficient (Wildman–Crippen LogP) is 4.62. The van der Waals surface area contributed by atoms with Gasteiger partial charge in [-0.25, -0.2) is 0 Å². The second kappa shape index (κ2) is 8.14. The number of halogens is 2. The van der Waals surface area contributed by atoms with Crippen LogP contribution in [0.25, 0.3) is 6.08 Å². The van der Waals surface area contributed by atoms with E-state index < -0.39 is 0 Å². The number of carbonyl (C=O) groups excluding carboxylic acids is 1. The fourth-order valence-corrected chi connectivity index (χ4v) is 2.62. The number of rotatable bonds is 6. The highest BCUT2D eigenvalue weighted by molar-refractivity contribution is 6.33. The van der Waals surface area contributed by atoms with Gasteiger partial charge in [-0.05, 0) is 29.8 Å². The lowest BCUT2D eigenvalue weighted by Crippen LogP contribution is -2.00. The van der Waals surface area contributed by atoms with Crippen LogP contribution >= 0.6 is 23.2 Å². The van der Waals surface area contributed by atoms with Crippen molar-refractivity contribution in [2.45, 2.75) is 0 Å². The van der Waals surface area contributed by atoms with E-state index in [1.54, 1.807) is 18.2 Å². The monoisotopic (exact) mass is 382 g/mol. The highest BCUT2D eigenvalue weighted by Crippen LogP contribution is 2.36. The molecule has 0 heterocycles. The topological polar surface area (TPSA) is 65.0 Å². The molecule has 132 valence electrons. The molecule has 2 rings (SSSR count). The summed E-state index contributed by atoms with van der Waals surface area (Å²) in [5, 5.41) is 10.2. The highest BCUT2D eigenvalue weighted by atomic mass is 35.5. The lowest BCUT2D eigenvalue weighted by Gasteiger charge is -2.10. The van der Waals surface area contributed by atoms with E-state index >= 15 is 0 Å². The van der Waals surface area contributed by atoms with Crippen LogP contribution in [0.2, 0.25) is 10.0 Å². The maximum Gasteiger partial charge on any atom is 0.189 e. The summed E-state index contributed by atoms with van der Waals surface area (Å²) in [7, 11) is 4.34. The number of aromatic hydroxyl groups is 1. The molecule has 2 aromatic carbocycles. The summed E-state index contributed by atoms with van der Waals surface area (Å²) in [5.41, 5.74) is 0.882. The molecule has 0 aliphatic rings. The van der Waals surface area contributed by atoms with Gasteiger partial charge in [0.1, 0.15) is 11.5 Å². The summed E-state index contributed by atoms with van der Waals surface area (Å²) in [6.07, 6.45) is 2.90. The van der Waals surface area contributed by atoms with E-state index in [9.17, 15) is 9.90 Å². The van der Waals surface area contributed by atoms with Gasteiger partial charge in [0.2, 0.25) is 0 Å². The zero-order chi connectivity index (χ0) is 18.6. The normalized spacial score (nSPS) is 10.8. The van der Waals surface area contributed by atoms with Crippen LogP contribution in [0.5, 0.6) is 23.0 Å². The molecular weight excluding hydrogens is 367 g/mol. The van der Waals surface area contributed by atoms with Crippen LogP contribution in [-0.2, 0) is 0 Å². The van der Waals surface area contributed by atoms with Crippen molar-refractivity contribution < 1.29 is 24.1 Å². The smallest absolute Gasteiger partial charge is 0.189 e. The van der Waals surface area contributed by atoms with E-state index in [2.05, 4.69) is 0 Å². The molecule has 2 aromatic rings. The summed E-state index contributed by atoms with van der Waals surface area (Å²) in [6.45, 7) is 0. The molecule has 7 heteroatoms. The molecule has 0 atom stereocenters. The average Bonchev–Trinajstić information content (AvgIpc) is 2.61. The first-order chi connectivity index (χ1) is 11.9. The van der Waals surface area contributed by atoms with Crippen molar-refractivity contribution in [1.82, 2.24) is 0 Å². The van der Waals surface area contributed by atoms with Gasteiger partial charge in [0.25, 0.3) is 0 Å². The first-order valence-corrected chi connectivity index (χ1v) is 7.87. The lowest BCUT2D eigenvalue weighted by molar-refractivity contribution is 0.104. The molecule has 0 radical (unpaired) electrons. The molecule has 0 unspecified atom stereocenters. The van der Waals surface area contributed by atoms with Gasteiger partial charge < -0.3 is 19.3 Å². The number of ether oxygens (including phenoxy) is 3. The molecule has 1 N–H and O–H groups in total. The van der Waals surface area contributed by atoms with Crippen molar-refractivity contribution in [1.29, 1.82) is 0 Å². The van der Waals surface area contributed by atoms with Gasteiger partial charge >= 0.3 is 0 Å². The van der Waals surface area contributed by atoms with Crippen molar-refractivity contribution in [2.75, 3.05) is 21.3 Å². The van der Waals surface area contributed by atoms with Crippen LogP contribution in [0, 0.1) is 0 Å². The zero-order valence-electron chi connectivity index (χ0n) is 13.8. The second-order valence-corrected chi connectivity index (χ2v) is 5.75. The third kappa shape index (κ3) is 4.18. The maximum atomic E-state index is 12.5. The Hall–Kier alpha value is -2.37. The maximum absolute atomic E-state index is 12.5. The Kier molecular flexibility index (Phi) is 6.17. The van der Waals surface area contributed by atoms with Crippen molar-refractivity contribution in [3.63, 3.8) is 0 Å². The molecule has 0 spiro atoms. The number of ketones is 1. The van der Waals surface area contributed by atoms with Gasteiger partial charge in [-0.2, -0.15) is 0 Å². The Balaban J connectivity index is 2.35. The fraction of sp³-hybridized carbons (Fsp3) is 0.167. The summed E-state index contributed by atoms with van der Waals surface area (Å²) in [5.74, 6) is 0.497. The Morgan fingerprint density at radius 3 is 2.16 bits per heavy atom. The number of methoxy groups -OCH3 is 3. The van der Waals surface area contributed by atoms with E-state index in [1.807, 2.05) is 0 Å². The van der Waals surface area contributed by atoms with Gasteiger partial charge in [0, 0.05) is 6.07 Å². The lowest BCUT2D eigenvalue weighted by atomic mass is 10.1. The minimum Gasteiger partial charge on any atom is -0.503 e. The standard InChI is InChI=1S/C18H16Cl2O5/c1-23-15-9-16(24-2)12(19)8-11(15)14(21)5-4-10-6-13(20)18(22)17(7-10)25-3/h4-9,22H,1-3H3/b5-4+. The predicted molar refractivity (Wildman–Crippen MR) is 97.6 cm³/mol. The molecule has 5 nitrogen and oxygen atoms in total. The summed E-state index contributed by atoms with van der Waals surface area (Å²) >= 11 is 12.0. The molecule has 0 aliphatic heterocycles. The highest BCUT2D eigenvalue weighted by Gasteiger charge is 2.15. The molecular formula is C18H16Cl2O5. The van der Waals surface area contributed by atoms with Crippen LogP contribution in [0.3, 0.4) is 0 Å². The summed E-state index contributed by atoms with van der Waals surface area (Å²) < 4.78 is 15.4. The first kappa shape index (κ1) is 19.0. The van der Waals surface area contributed by atoms with Crippen molar-refractivity contribution in [2.24, 2.45) is 0 Å². The van der Waals surface area contributed by atoms with Crippen LogP contribution < -0.4 is 14.2 Å². The summed E-state index contributed by atoms with van der Waals surface area (Å²) in [6, 6.07) is 6.10. The van der Waals surface area contributed by atoms with Crippen LogP contribution in [0.1, 0.15) is 15.9 Å². The third-order valence-electron chi connectivity index (χ3n) is 3.44. The number of hydrogen-bond acceptors (Lipinski definition) is 5. The number of phenols is 1. The number of phenolic OH excluding ortho intramolecular Hbond substituents is 1. The molecule has 0 amide bonds. The third-order valence-corrected chi connectivity index (χ3v) is 4.02. The van der Waals surface area contributed by atoms with Crippen LogP contribution in [-0.4, -0.2) is 32.2 Å². The fourth-order valence-electron chi connectivity index (χ4n) is 2.16. The SMILES string of the molecule is COc1cc(OC)c(C(=O)/C=C/c2cc(Cl)c(O)c(OC)c2)cc1Cl. The van der Waals surface area contributed by atoms with Crippen molar-refractivity contribution >= 4 is 35.1 Å². The van der Waals surface area contributed by atoms with E-state index in [-0.39, 0.29) is 22.3 Å². The van der Waals surface area contributed by atoms with Gasteiger partial charge in [0.15, 0.2) is 17.3 Å². The van der Waals surface area contributed by atoms with E-state index in [1.165, 1.54) is 39.5 Å². The van der Waals surface area contributed by atoms with Gasteiger partial charge in [-0.3, -0.25) is 4.79 Å². The van der Waals surface area contributed by atoms with Crippen LogP contribution in [0.4, 0.5) is 0 Å². The number of allylic oxidation sites excluding steroid dienone is 1. The molecule has 0 fully saturated rings. The Morgan fingerprint density at radius 2 is 1.56 bits per heavy atom. The molecule has 25 heavy (non-hydrogen) atoms. The molecule has 0 aliphatic carbocycles. The summed E-state index contributed by atoms with van der Waals surface area (Å²) in [4.78, 5) is 12.5. The average molecular weight is 383 g/mol. The molecule has 0 saturated carbocycles. The zero-order valence-corrected chi connectivity index (χ0v) is 15.3.